The van der Waals surface area contributed by atoms with E-state index in [2.05, 4.69) is 80.3 Å². The Labute approximate surface area is 204 Å². The summed E-state index contributed by atoms with van der Waals surface area (Å²) in [5.41, 5.74) is 11.2. The van der Waals surface area contributed by atoms with Gasteiger partial charge in [-0.3, -0.25) is 0 Å². The van der Waals surface area contributed by atoms with Crippen molar-refractivity contribution in [3.63, 3.8) is 0 Å². The SMILES string of the molecule is CNCc1ccccc1-c1ccc([C@@H](N)Nc2nnc(C)c3ccc(N4CCOCC4)cc23)s1. The molecule has 0 amide bonds. The second-order valence-electron chi connectivity index (χ2n) is 8.47. The lowest BCUT2D eigenvalue weighted by atomic mass is 10.1. The first-order chi connectivity index (χ1) is 16.6. The van der Waals surface area contributed by atoms with Crippen LogP contribution in [0.2, 0.25) is 0 Å². The molecule has 0 saturated carbocycles. The third kappa shape index (κ3) is 4.63. The Balaban J connectivity index is 1.43. The molecule has 0 aliphatic carbocycles. The number of hydrogen-bond donors (Lipinski definition) is 3. The van der Waals surface area contributed by atoms with E-state index in [9.17, 15) is 0 Å². The lowest BCUT2D eigenvalue weighted by Gasteiger charge is -2.29. The molecule has 0 unspecified atom stereocenters. The fourth-order valence-corrected chi connectivity index (χ4v) is 5.41. The molecule has 3 heterocycles. The molecule has 1 aliphatic rings. The molecule has 34 heavy (non-hydrogen) atoms. The summed E-state index contributed by atoms with van der Waals surface area (Å²) in [5.74, 6) is 0.703. The van der Waals surface area contributed by atoms with Crippen LogP contribution in [0.4, 0.5) is 11.5 Å². The Hall–Kier alpha value is -3.04. The van der Waals surface area contributed by atoms with Crippen LogP contribution in [-0.4, -0.2) is 43.5 Å². The number of anilines is 2. The van der Waals surface area contributed by atoms with Crippen LogP contribution < -0.4 is 21.3 Å². The molecular formula is C26H30N6OS. The summed E-state index contributed by atoms with van der Waals surface area (Å²) >= 11 is 1.70. The first kappa shape index (κ1) is 22.7. The van der Waals surface area contributed by atoms with Gasteiger partial charge in [0.1, 0.15) is 6.17 Å². The van der Waals surface area contributed by atoms with Gasteiger partial charge in [-0.25, -0.2) is 0 Å². The average molecular weight is 475 g/mol. The van der Waals surface area contributed by atoms with Crippen LogP contribution in [0.15, 0.2) is 54.6 Å². The number of benzene rings is 2. The highest BCUT2D eigenvalue weighted by molar-refractivity contribution is 7.15. The second-order valence-corrected chi connectivity index (χ2v) is 9.59. The third-order valence-corrected chi connectivity index (χ3v) is 7.40. The Morgan fingerprint density at radius 3 is 2.71 bits per heavy atom. The van der Waals surface area contributed by atoms with Crippen molar-refractivity contribution in [3.8, 4) is 10.4 Å². The van der Waals surface area contributed by atoms with E-state index < -0.39 is 0 Å². The van der Waals surface area contributed by atoms with E-state index in [-0.39, 0.29) is 6.17 Å². The first-order valence-corrected chi connectivity index (χ1v) is 12.4. The maximum absolute atomic E-state index is 6.62. The van der Waals surface area contributed by atoms with Crippen LogP contribution in [0.25, 0.3) is 21.2 Å². The Morgan fingerprint density at radius 2 is 1.88 bits per heavy atom. The molecule has 0 spiro atoms. The van der Waals surface area contributed by atoms with E-state index in [4.69, 9.17) is 10.5 Å². The van der Waals surface area contributed by atoms with Crippen molar-refractivity contribution < 1.29 is 4.74 Å². The van der Waals surface area contributed by atoms with E-state index in [1.807, 2.05) is 14.0 Å². The summed E-state index contributed by atoms with van der Waals surface area (Å²) in [6, 6.07) is 19.2. The van der Waals surface area contributed by atoms with Gasteiger partial charge in [-0.1, -0.05) is 30.3 Å². The molecule has 4 N–H and O–H groups in total. The van der Waals surface area contributed by atoms with Gasteiger partial charge in [-0.2, -0.15) is 5.10 Å². The van der Waals surface area contributed by atoms with Gasteiger partial charge in [-0.15, -0.1) is 16.4 Å². The van der Waals surface area contributed by atoms with Gasteiger partial charge in [-0.05, 0) is 49.4 Å². The van der Waals surface area contributed by atoms with Crippen molar-refractivity contribution in [2.75, 3.05) is 43.6 Å². The minimum atomic E-state index is -0.387. The van der Waals surface area contributed by atoms with Crippen molar-refractivity contribution in [1.82, 2.24) is 15.5 Å². The topological polar surface area (TPSA) is 88.3 Å². The molecule has 8 heteroatoms. The fraction of sp³-hybridized carbons (Fsp3) is 0.308. The molecule has 1 atom stereocenters. The minimum Gasteiger partial charge on any atom is -0.378 e. The summed E-state index contributed by atoms with van der Waals surface area (Å²) in [6.45, 7) is 6.09. The van der Waals surface area contributed by atoms with Gasteiger partial charge in [0.05, 0.1) is 18.9 Å². The monoisotopic (exact) mass is 474 g/mol. The summed E-state index contributed by atoms with van der Waals surface area (Å²) in [6.07, 6.45) is -0.387. The van der Waals surface area contributed by atoms with Crippen molar-refractivity contribution in [1.29, 1.82) is 0 Å². The molecule has 4 aromatic rings. The summed E-state index contributed by atoms with van der Waals surface area (Å²) in [5, 5.41) is 17.6. The van der Waals surface area contributed by atoms with Crippen LogP contribution in [0, 0.1) is 6.92 Å². The number of nitrogens with two attached hydrogens (primary N) is 1. The van der Waals surface area contributed by atoms with E-state index in [0.717, 1.165) is 54.2 Å². The van der Waals surface area contributed by atoms with Gasteiger partial charge in [0, 0.05) is 45.8 Å². The van der Waals surface area contributed by atoms with Gasteiger partial charge < -0.3 is 26.0 Å². The minimum absolute atomic E-state index is 0.387. The molecule has 1 saturated heterocycles. The van der Waals surface area contributed by atoms with Crippen molar-refractivity contribution in [2.24, 2.45) is 5.73 Å². The van der Waals surface area contributed by atoms with Crippen LogP contribution in [-0.2, 0) is 11.3 Å². The first-order valence-electron chi connectivity index (χ1n) is 11.6. The van der Waals surface area contributed by atoms with Crippen molar-refractivity contribution in [2.45, 2.75) is 19.6 Å². The van der Waals surface area contributed by atoms with Crippen LogP contribution in [0.1, 0.15) is 22.3 Å². The van der Waals surface area contributed by atoms with Crippen LogP contribution in [0.3, 0.4) is 0 Å². The standard InChI is InChI=1S/C26H30N6OS/c1-17-20-8-7-19(32-11-13-33-14-12-32)15-22(20)26(31-30-17)29-25(27)24-10-9-23(34-24)21-6-4-3-5-18(21)16-28-2/h3-10,15,25,28H,11-14,16,27H2,1-2H3,(H,29,31)/t25-/m0/s1. The fourth-order valence-electron chi connectivity index (χ4n) is 4.39. The largest absolute Gasteiger partial charge is 0.378 e. The summed E-state index contributed by atoms with van der Waals surface area (Å²) in [7, 11) is 1.97. The van der Waals surface area contributed by atoms with Gasteiger partial charge in [0.25, 0.3) is 0 Å². The van der Waals surface area contributed by atoms with Crippen LogP contribution >= 0.6 is 11.3 Å². The summed E-state index contributed by atoms with van der Waals surface area (Å²) in [4.78, 5) is 4.60. The number of ether oxygens (including phenoxy) is 1. The zero-order valence-corrected chi connectivity index (χ0v) is 20.4. The normalized spacial score (nSPS) is 15.0. The molecule has 176 valence electrons. The predicted molar refractivity (Wildman–Crippen MR) is 140 cm³/mol. The van der Waals surface area contributed by atoms with E-state index in [1.165, 1.54) is 21.7 Å². The molecule has 0 bridgehead atoms. The summed E-state index contributed by atoms with van der Waals surface area (Å²) < 4.78 is 5.51. The number of morpholine rings is 1. The number of rotatable bonds is 7. The van der Waals surface area contributed by atoms with E-state index >= 15 is 0 Å². The van der Waals surface area contributed by atoms with Crippen molar-refractivity contribution >= 4 is 33.6 Å². The average Bonchev–Trinajstić information content (AvgIpc) is 3.37. The zero-order chi connectivity index (χ0) is 23.5. The lowest BCUT2D eigenvalue weighted by molar-refractivity contribution is 0.122. The highest BCUT2D eigenvalue weighted by Crippen LogP contribution is 2.34. The maximum Gasteiger partial charge on any atom is 0.158 e. The van der Waals surface area contributed by atoms with Gasteiger partial charge in [0.15, 0.2) is 5.82 Å². The second kappa shape index (κ2) is 10.1. The Morgan fingerprint density at radius 1 is 1.06 bits per heavy atom. The number of aromatic nitrogens is 2. The number of hydrogen-bond acceptors (Lipinski definition) is 8. The third-order valence-electron chi connectivity index (χ3n) is 6.20. The molecule has 5 rings (SSSR count). The maximum atomic E-state index is 6.62. The number of nitrogens with zero attached hydrogens (tertiary/aromatic N) is 3. The number of aryl methyl sites for hydroxylation is 1. The Bertz CT molecular complexity index is 1280. The quantitative estimate of drug-likeness (QED) is 0.344. The highest BCUT2D eigenvalue weighted by atomic mass is 32.1. The van der Waals surface area contributed by atoms with Gasteiger partial charge >= 0.3 is 0 Å². The molecule has 2 aromatic heterocycles. The number of thiophene rings is 1. The Kier molecular flexibility index (Phi) is 6.73. The molecular weight excluding hydrogens is 444 g/mol. The predicted octanol–water partition coefficient (Wildman–Crippen LogP) is 4.29. The van der Waals surface area contributed by atoms with E-state index in [1.54, 1.807) is 11.3 Å². The smallest absolute Gasteiger partial charge is 0.158 e. The number of nitrogens with one attached hydrogen (secondary N) is 2. The molecule has 2 aromatic carbocycles. The van der Waals surface area contributed by atoms with Gasteiger partial charge in [0.2, 0.25) is 0 Å². The molecule has 1 fully saturated rings. The van der Waals surface area contributed by atoms with E-state index in [0.29, 0.717) is 5.82 Å². The highest BCUT2D eigenvalue weighted by Gasteiger charge is 2.17. The van der Waals surface area contributed by atoms with Crippen LogP contribution in [0.5, 0.6) is 0 Å². The molecule has 7 nitrogen and oxygen atoms in total. The number of fused-ring (bicyclic) bond motifs is 1. The van der Waals surface area contributed by atoms with Crippen molar-refractivity contribution in [3.05, 3.63) is 70.7 Å². The molecule has 0 radical (unpaired) electrons. The zero-order valence-electron chi connectivity index (χ0n) is 19.5. The molecule has 1 aliphatic heterocycles. The lowest BCUT2D eigenvalue weighted by Crippen LogP contribution is -2.36.